The summed E-state index contributed by atoms with van der Waals surface area (Å²) in [4.78, 5) is 13.5. The lowest BCUT2D eigenvalue weighted by atomic mass is 10.2. The van der Waals surface area contributed by atoms with E-state index >= 15 is 0 Å². The quantitative estimate of drug-likeness (QED) is 0.871. The van der Waals surface area contributed by atoms with E-state index in [1.54, 1.807) is 6.20 Å². The molecule has 2 heterocycles. The molecule has 1 amide bonds. The first-order chi connectivity index (χ1) is 9.83. The summed E-state index contributed by atoms with van der Waals surface area (Å²) in [5.74, 6) is 0.232. The number of aromatic nitrogens is 2. The zero-order chi connectivity index (χ0) is 13.8. The first-order valence-electron chi connectivity index (χ1n) is 6.91. The second-order valence-electron chi connectivity index (χ2n) is 5.00. The Hall–Kier alpha value is -2.14. The number of benzene rings is 1. The lowest BCUT2D eigenvalue weighted by molar-refractivity contribution is -0.117. The van der Waals surface area contributed by atoms with E-state index in [1.807, 2.05) is 23.1 Å². The number of rotatable bonds is 5. The molecule has 0 spiro atoms. The highest BCUT2D eigenvalue weighted by atomic mass is 16.2. The van der Waals surface area contributed by atoms with Gasteiger partial charge in [0, 0.05) is 43.6 Å². The second kappa shape index (κ2) is 5.88. The maximum atomic E-state index is 11.7. The third-order valence-corrected chi connectivity index (χ3v) is 3.52. The van der Waals surface area contributed by atoms with Crippen LogP contribution in [-0.4, -0.2) is 22.6 Å². The second-order valence-corrected chi connectivity index (χ2v) is 5.00. The molecular weight excluding hydrogens is 252 g/mol. The van der Waals surface area contributed by atoms with Gasteiger partial charge in [0.2, 0.25) is 5.91 Å². The Kier molecular flexibility index (Phi) is 3.78. The number of hydrogen-bond acceptors (Lipinski definition) is 3. The van der Waals surface area contributed by atoms with Gasteiger partial charge in [0.05, 0.1) is 0 Å². The van der Waals surface area contributed by atoms with Crippen molar-refractivity contribution >= 4 is 11.6 Å². The molecule has 1 aromatic heterocycles. The molecule has 2 N–H and O–H groups in total. The van der Waals surface area contributed by atoms with E-state index in [0.717, 1.165) is 37.4 Å². The Morgan fingerprint density at radius 2 is 2.05 bits per heavy atom. The molecule has 1 aliphatic heterocycles. The van der Waals surface area contributed by atoms with Crippen molar-refractivity contribution in [3.8, 4) is 0 Å². The predicted octanol–water partition coefficient (Wildman–Crippen LogP) is 1.83. The number of hydrogen-bond donors (Lipinski definition) is 2. The van der Waals surface area contributed by atoms with Gasteiger partial charge in [-0.15, -0.1) is 0 Å². The van der Waals surface area contributed by atoms with Crippen LogP contribution in [0.25, 0.3) is 0 Å². The monoisotopic (exact) mass is 270 g/mol. The molecule has 0 aliphatic carbocycles. The molecule has 1 aliphatic rings. The maximum absolute atomic E-state index is 11.7. The topological polar surface area (TPSA) is 61.0 Å². The van der Waals surface area contributed by atoms with Crippen molar-refractivity contribution < 1.29 is 4.79 Å². The van der Waals surface area contributed by atoms with Crippen LogP contribution in [-0.2, 0) is 17.9 Å². The van der Waals surface area contributed by atoms with Crippen molar-refractivity contribution in [1.82, 2.24) is 15.5 Å². The molecule has 3 rings (SSSR count). The standard InChI is InChI=1S/C15H18N4O/c20-15-2-1-9-19(15)14-5-3-12(4-6-14)10-16-11-13-7-8-17-18-13/h3-8,16H,1-2,9-11H2,(H,17,18). The van der Waals surface area contributed by atoms with Gasteiger partial charge < -0.3 is 10.2 Å². The molecule has 1 saturated heterocycles. The van der Waals surface area contributed by atoms with E-state index in [4.69, 9.17) is 0 Å². The van der Waals surface area contributed by atoms with Crippen LogP contribution in [0.15, 0.2) is 36.5 Å². The van der Waals surface area contributed by atoms with Crippen molar-refractivity contribution in [3.63, 3.8) is 0 Å². The summed E-state index contributed by atoms with van der Waals surface area (Å²) in [7, 11) is 0. The number of anilines is 1. The van der Waals surface area contributed by atoms with E-state index in [1.165, 1.54) is 5.56 Å². The van der Waals surface area contributed by atoms with Gasteiger partial charge >= 0.3 is 0 Å². The number of H-pyrrole nitrogens is 1. The number of nitrogens with one attached hydrogen (secondary N) is 2. The Balaban J connectivity index is 1.54. The van der Waals surface area contributed by atoms with Crippen molar-refractivity contribution in [3.05, 3.63) is 47.8 Å². The average Bonchev–Trinajstić information content (AvgIpc) is 3.11. The fraction of sp³-hybridized carbons (Fsp3) is 0.333. The largest absolute Gasteiger partial charge is 0.312 e. The van der Waals surface area contributed by atoms with Gasteiger partial charge in [0.1, 0.15) is 0 Å². The summed E-state index contributed by atoms with van der Waals surface area (Å²) in [6.45, 7) is 2.41. The Morgan fingerprint density at radius 1 is 1.20 bits per heavy atom. The summed E-state index contributed by atoms with van der Waals surface area (Å²) in [5, 5.41) is 10.2. The minimum atomic E-state index is 0.232. The molecule has 1 aromatic carbocycles. The number of amides is 1. The molecule has 5 nitrogen and oxygen atoms in total. The SMILES string of the molecule is O=C1CCCN1c1ccc(CNCc2ccn[nH]2)cc1. The average molecular weight is 270 g/mol. The molecule has 0 saturated carbocycles. The summed E-state index contributed by atoms with van der Waals surface area (Å²) < 4.78 is 0. The number of aromatic amines is 1. The van der Waals surface area contributed by atoms with Gasteiger partial charge in [-0.2, -0.15) is 5.10 Å². The van der Waals surface area contributed by atoms with Crippen LogP contribution in [0, 0.1) is 0 Å². The van der Waals surface area contributed by atoms with Gasteiger partial charge in [0.25, 0.3) is 0 Å². The van der Waals surface area contributed by atoms with E-state index in [-0.39, 0.29) is 5.91 Å². The van der Waals surface area contributed by atoms with Crippen LogP contribution in [0.2, 0.25) is 0 Å². The van der Waals surface area contributed by atoms with Crippen LogP contribution < -0.4 is 10.2 Å². The lowest BCUT2D eigenvalue weighted by Gasteiger charge is -2.16. The Labute approximate surface area is 118 Å². The normalized spacial score (nSPS) is 15.0. The molecule has 5 heteroatoms. The first kappa shape index (κ1) is 12.9. The van der Waals surface area contributed by atoms with Gasteiger partial charge in [0.15, 0.2) is 0 Å². The van der Waals surface area contributed by atoms with Crippen molar-refractivity contribution in [1.29, 1.82) is 0 Å². The smallest absolute Gasteiger partial charge is 0.227 e. The van der Waals surface area contributed by atoms with E-state index in [2.05, 4.69) is 27.6 Å². The van der Waals surface area contributed by atoms with Gasteiger partial charge in [-0.25, -0.2) is 0 Å². The summed E-state index contributed by atoms with van der Waals surface area (Å²) in [6.07, 6.45) is 3.39. The summed E-state index contributed by atoms with van der Waals surface area (Å²) >= 11 is 0. The minimum absolute atomic E-state index is 0.232. The molecule has 104 valence electrons. The van der Waals surface area contributed by atoms with Crippen molar-refractivity contribution in [2.24, 2.45) is 0 Å². The highest BCUT2D eigenvalue weighted by Gasteiger charge is 2.21. The molecular formula is C15H18N4O. The van der Waals surface area contributed by atoms with Crippen LogP contribution >= 0.6 is 0 Å². The lowest BCUT2D eigenvalue weighted by Crippen LogP contribution is -2.23. The molecule has 0 unspecified atom stereocenters. The highest BCUT2D eigenvalue weighted by Crippen LogP contribution is 2.21. The fourth-order valence-electron chi connectivity index (χ4n) is 2.44. The maximum Gasteiger partial charge on any atom is 0.227 e. The summed E-state index contributed by atoms with van der Waals surface area (Å²) in [6, 6.07) is 10.1. The Morgan fingerprint density at radius 3 is 2.70 bits per heavy atom. The molecule has 0 bridgehead atoms. The third-order valence-electron chi connectivity index (χ3n) is 3.52. The molecule has 0 atom stereocenters. The zero-order valence-electron chi connectivity index (χ0n) is 11.3. The van der Waals surface area contributed by atoms with Crippen LogP contribution in [0.3, 0.4) is 0 Å². The van der Waals surface area contributed by atoms with Crippen LogP contribution in [0.4, 0.5) is 5.69 Å². The predicted molar refractivity (Wildman–Crippen MR) is 77.2 cm³/mol. The van der Waals surface area contributed by atoms with E-state index < -0.39 is 0 Å². The first-order valence-corrected chi connectivity index (χ1v) is 6.91. The molecule has 0 radical (unpaired) electrons. The van der Waals surface area contributed by atoms with Crippen molar-refractivity contribution in [2.45, 2.75) is 25.9 Å². The molecule has 1 fully saturated rings. The highest BCUT2D eigenvalue weighted by molar-refractivity contribution is 5.95. The van der Waals surface area contributed by atoms with E-state index in [9.17, 15) is 4.79 Å². The van der Waals surface area contributed by atoms with Crippen molar-refractivity contribution in [2.75, 3.05) is 11.4 Å². The van der Waals surface area contributed by atoms with Gasteiger partial charge in [-0.1, -0.05) is 12.1 Å². The third kappa shape index (κ3) is 2.88. The Bertz CT molecular complexity index is 562. The fourth-order valence-corrected chi connectivity index (χ4v) is 2.44. The van der Waals surface area contributed by atoms with E-state index in [0.29, 0.717) is 6.42 Å². The molecule has 20 heavy (non-hydrogen) atoms. The molecule has 2 aromatic rings. The van der Waals surface area contributed by atoms with Crippen LogP contribution in [0.5, 0.6) is 0 Å². The van der Waals surface area contributed by atoms with Crippen LogP contribution in [0.1, 0.15) is 24.1 Å². The number of nitrogens with zero attached hydrogens (tertiary/aromatic N) is 2. The van der Waals surface area contributed by atoms with Gasteiger partial charge in [-0.05, 0) is 30.2 Å². The minimum Gasteiger partial charge on any atom is -0.312 e. The number of carbonyl (C=O) groups is 1. The summed E-state index contributed by atoms with van der Waals surface area (Å²) in [5.41, 5.74) is 3.29. The zero-order valence-corrected chi connectivity index (χ0v) is 11.3. The van der Waals surface area contributed by atoms with Gasteiger partial charge in [-0.3, -0.25) is 9.89 Å². The number of carbonyl (C=O) groups excluding carboxylic acids is 1.